The van der Waals surface area contributed by atoms with Crippen molar-refractivity contribution in [3.05, 3.63) is 47.5 Å². The molecule has 8 heteroatoms. The minimum atomic E-state index is 0. The van der Waals surface area contributed by atoms with E-state index in [0.717, 1.165) is 63.0 Å². The van der Waals surface area contributed by atoms with Crippen LogP contribution in [0.5, 0.6) is 0 Å². The topological polar surface area (TPSA) is 70.4 Å². The molecule has 2 atom stereocenters. The van der Waals surface area contributed by atoms with Crippen LogP contribution in [0.25, 0.3) is 0 Å². The molecule has 2 N–H and O–H groups in total. The highest BCUT2D eigenvalue weighted by atomic mass is 127. The fraction of sp³-hybridized carbons (Fsp3) is 0.591. The van der Waals surface area contributed by atoms with Gasteiger partial charge in [0.2, 0.25) is 0 Å². The maximum atomic E-state index is 4.82. The molecule has 0 bridgehead atoms. The van der Waals surface area contributed by atoms with Gasteiger partial charge in [-0.3, -0.25) is 9.89 Å². The molecule has 1 aromatic heterocycles. The van der Waals surface area contributed by atoms with Gasteiger partial charge in [-0.1, -0.05) is 30.3 Å². The number of halogens is 1. The predicted molar refractivity (Wildman–Crippen MR) is 133 cm³/mol. The Bertz CT molecular complexity index is 790. The highest BCUT2D eigenvalue weighted by Crippen LogP contribution is 2.13. The first-order chi connectivity index (χ1) is 14.0. The van der Waals surface area contributed by atoms with Crippen LogP contribution in [0.3, 0.4) is 0 Å². The number of aryl methyl sites for hydroxylation is 2. The van der Waals surface area contributed by atoms with E-state index in [-0.39, 0.29) is 24.0 Å². The van der Waals surface area contributed by atoms with E-state index in [4.69, 9.17) is 4.99 Å². The molecule has 0 spiro atoms. The minimum Gasteiger partial charge on any atom is -0.357 e. The lowest BCUT2D eigenvalue weighted by atomic mass is 10.1. The van der Waals surface area contributed by atoms with Crippen molar-refractivity contribution >= 4 is 29.9 Å². The summed E-state index contributed by atoms with van der Waals surface area (Å²) in [6.45, 7) is 9.80. The predicted octanol–water partition coefficient (Wildman–Crippen LogP) is 2.99. The van der Waals surface area contributed by atoms with Crippen molar-refractivity contribution in [3.63, 3.8) is 0 Å². The normalized spacial score (nSPS) is 17.2. The zero-order valence-corrected chi connectivity index (χ0v) is 21.0. The first kappa shape index (κ1) is 24.6. The van der Waals surface area contributed by atoms with Crippen LogP contribution in [0.2, 0.25) is 0 Å². The zero-order valence-electron chi connectivity index (χ0n) is 18.6. The highest BCUT2D eigenvalue weighted by Gasteiger charge is 2.21. The molecule has 1 aliphatic heterocycles. The molecular weight excluding hydrogens is 489 g/mol. The lowest BCUT2D eigenvalue weighted by Gasteiger charge is -2.26. The van der Waals surface area contributed by atoms with Crippen LogP contribution in [0.15, 0.2) is 35.3 Å². The van der Waals surface area contributed by atoms with Gasteiger partial charge in [0, 0.05) is 38.1 Å². The van der Waals surface area contributed by atoms with Crippen molar-refractivity contribution in [2.45, 2.75) is 65.2 Å². The summed E-state index contributed by atoms with van der Waals surface area (Å²) in [5, 5.41) is 11.5. The smallest absolute Gasteiger partial charge is 0.191 e. The van der Waals surface area contributed by atoms with E-state index in [1.165, 1.54) is 5.56 Å². The average Bonchev–Trinajstić information content (AvgIpc) is 3.08. The standard InChI is InChI=1S/C22H35N7.HI/c1-5-23-22(26-20-11-12-21-25-18(3)27-29(21)16-20)24-14-13-17(2)28(4)15-19-9-7-6-8-10-19;/h6-10,17,20H,5,11-16H2,1-4H3,(H2,23,24,26);1H. The van der Waals surface area contributed by atoms with Crippen LogP contribution in [-0.4, -0.2) is 57.8 Å². The van der Waals surface area contributed by atoms with Gasteiger partial charge in [-0.25, -0.2) is 9.67 Å². The summed E-state index contributed by atoms with van der Waals surface area (Å²) in [6, 6.07) is 11.4. The van der Waals surface area contributed by atoms with Gasteiger partial charge < -0.3 is 10.6 Å². The lowest BCUT2D eigenvalue weighted by Crippen LogP contribution is -2.47. The Kier molecular flexibility index (Phi) is 10.0. The number of benzene rings is 1. The first-order valence-corrected chi connectivity index (χ1v) is 10.7. The molecule has 0 saturated heterocycles. The van der Waals surface area contributed by atoms with Crippen LogP contribution < -0.4 is 10.6 Å². The van der Waals surface area contributed by atoms with E-state index >= 15 is 0 Å². The molecule has 2 heterocycles. The Morgan fingerprint density at radius 2 is 2.10 bits per heavy atom. The Balaban J connectivity index is 0.00000320. The molecule has 30 heavy (non-hydrogen) atoms. The summed E-state index contributed by atoms with van der Waals surface area (Å²) in [5.41, 5.74) is 1.35. The number of hydrogen-bond acceptors (Lipinski definition) is 4. The maximum absolute atomic E-state index is 4.82. The fourth-order valence-corrected chi connectivity index (χ4v) is 3.68. The van der Waals surface area contributed by atoms with Crippen LogP contribution in [0, 0.1) is 6.92 Å². The van der Waals surface area contributed by atoms with Gasteiger partial charge in [0.25, 0.3) is 0 Å². The van der Waals surface area contributed by atoms with Gasteiger partial charge in [-0.2, -0.15) is 5.10 Å². The lowest BCUT2D eigenvalue weighted by molar-refractivity contribution is 0.240. The molecule has 1 aliphatic rings. The highest BCUT2D eigenvalue weighted by molar-refractivity contribution is 14.0. The minimum absolute atomic E-state index is 0. The molecule has 0 radical (unpaired) electrons. The Morgan fingerprint density at radius 1 is 1.33 bits per heavy atom. The molecule has 2 unspecified atom stereocenters. The maximum Gasteiger partial charge on any atom is 0.191 e. The third-order valence-corrected chi connectivity index (χ3v) is 5.49. The number of rotatable bonds is 8. The van der Waals surface area contributed by atoms with Gasteiger partial charge in [0.1, 0.15) is 11.6 Å². The number of hydrogen-bond donors (Lipinski definition) is 2. The van der Waals surface area contributed by atoms with Gasteiger partial charge >= 0.3 is 0 Å². The van der Waals surface area contributed by atoms with E-state index in [9.17, 15) is 0 Å². The largest absolute Gasteiger partial charge is 0.357 e. The summed E-state index contributed by atoms with van der Waals surface area (Å²) in [7, 11) is 2.19. The summed E-state index contributed by atoms with van der Waals surface area (Å²) < 4.78 is 2.03. The van der Waals surface area contributed by atoms with Crippen LogP contribution in [0.1, 0.15) is 43.9 Å². The number of aliphatic imine (C=N–C) groups is 1. The summed E-state index contributed by atoms with van der Waals surface area (Å²) in [5.74, 6) is 2.85. The van der Waals surface area contributed by atoms with E-state index in [1.807, 2.05) is 11.6 Å². The van der Waals surface area contributed by atoms with E-state index in [2.05, 4.69) is 76.8 Å². The molecule has 2 aromatic rings. The summed E-state index contributed by atoms with van der Waals surface area (Å²) in [4.78, 5) is 11.7. The number of aromatic nitrogens is 3. The van der Waals surface area contributed by atoms with Crippen molar-refractivity contribution in [2.75, 3.05) is 20.1 Å². The van der Waals surface area contributed by atoms with Crippen molar-refractivity contribution in [1.29, 1.82) is 0 Å². The number of nitrogens with zero attached hydrogens (tertiary/aromatic N) is 5. The van der Waals surface area contributed by atoms with Gasteiger partial charge in [0.05, 0.1) is 6.54 Å². The quantitative estimate of drug-likeness (QED) is 0.315. The van der Waals surface area contributed by atoms with Gasteiger partial charge in [-0.05, 0) is 46.2 Å². The molecule has 3 rings (SSSR count). The molecular formula is C22H36IN7. The van der Waals surface area contributed by atoms with Crippen molar-refractivity contribution in [3.8, 4) is 0 Å². The summed E-state index contributed by atoms with van der Waals surface area (Å²) >= 11 is 0. The Labute approximate surface area is 197 Å². The van der Waals surface area contributed by atoms with E-state index in [1.54, 1.807) is 0 Å². The third-order valence-electron chi connectivity index (χ3n) is 5.49. The molecule has 7 nitrogen and oxygen atoms in total. The van der Waals surface area contributed by atoms with Crippen LogP contribution in [0.4, 0.5) is 0 Å². The molecule has 1 aromatic carbocycles. The first-order valence-electron chi connectivity index (χ1n) is 10.7. The SMILES string of the molecule is CCNC(=NCCC(C)N(C)Cc1ccccc1)NC1CCc2nc(C)nn2C1.I. The number of guanidine groups is 1. The Morgan fingerprint density at radius 3 is 2.83 bits per heavy atom. The molecule has 0 aliphatic carbocycles. The number of fused-ring (bicyclic) bond motifs is 1. The van der Waals surface area contributed by atoms with E-state index in [0.29, 0.717) is 12.1 Å². The Hall–Kier alpha value is -1.68. The second-order valence-electron chi connectivity index (χ2n) is 7.94. The van der Waals surface area contributed by atoms with Crippen molar-refractivity contribution < 1.29 is 0 Å². The second kappa shape index (κ2) is 12.2. The fourth-order valence-electron chi connectivity index (χ4n) is 3.68. The second-order valence-corrected chi connectivity index (χ2v) is 7.94. The monoisotopic (exact) mass is 525 g/mol. The zero-order chi connectivity index (χ0) is 20.6. The molecule has 166 valence electrons. The van der Waals surface area contributed by atoms with Crippen LogP contribution >= 0.6 is 24.0 Å². The van der Waals surface area contributed by atoms with Gasteiger partial charge in [-0.15, -0.1) is 24.0 Å². The van der Waals surface area contributed by atoms with Gasteiger partial charge in [0.15, 0.2) is 5.96 Å². The van der Waals surface area contributed by atoms with Crippen LogP contribution in [-0.2, 0) is 19.5 Å². The van der Waals surface area contributed by atoms with Crippen molar-refractivity contribution in [1.82, 2.24) is 30.3 Å². The number of nitrogens with one attached hydrogen (secondary N) is 2. The average molecular weight is 525 g/mol. The third kappa shape index (κ3) is 7.23. The van der Waals surface area contributed by atoms with E-state index < -0.39 is 0 Å². The molecule has 0 saturated carbocycles. The summed E-state index contributed by atoms with van der Waals surface area (Å²) in [6.07, 6.45) is 3.04. The molecule has 0 fully saturated rings. The molecule has 0 amide bonds. The van der Waals surface area contributed by atoms with Crippen molar-refractivity contribution in [2.24, 2.45) is 4.99 Å².